The second kappa shape index (κ2) is 14.6. The van der Waals surface area contributed by atoms with Crippen LogP contribution in [0.25, 0.3) is 0 Å². The van der Waals surface area contributed by atoms with Crippen LogP contribution in [0.2, 0.25) is 10.0 Å². The molecule has 0 aliphatic carbocycles. The average molecular weight is 540 g/mol. The van der Waals surface area contributed by atoms with Gasteiger partial charge in [-0.3, -0.25) is 4.90 Å². The van der Waals surface area contributed by atoms with Crippen molar-refractivity contribution < 1.29 is 19.8 Å². The van der Waals surface area contributed by atoms with E-state index in [1.807, 2.05) is 12.1 Å². The minimum Gasteiger partial charge on any atom is -0.478 e. The maximum absolute atomic E-state index is 9.55. The number of rotatable bonds is 8. The maximum Gasteiger partial charge on any atom is 0.328 e. The molecule has 37 heavy (non-hydrogen) atoms. The van der Waals surface area contributed by atoms with Crippen molar-refractivity contribution in [1.82, 2.24) is 4.90 Å². The molecule has 0 spiro atoms. The predicted molar refractivity (Wildman–Crippen MR) is 148 cm³/mol. The molecule has 1 heterocycles. The van der Waals surface area contributed by atoms with Crippen molar-refractivity contribution >= 4 is 35.1 Å². The van der Waals surface area contributed by atoms with Gasteiger partial charge in [0.1, 0.15) is 0 Å². The molecule has 0 aromatic heterocycles. The number of likely N-dealkylation sites (tertiary alicyclic amines) is 1. The van der Waals surface area contributed by atoms with Crippen LogP contribution in [0.5, 0.6) is 0 Å². The van der Waals surface area contributed by atoms with Crippen molar-refractivity contribution in [1.29, 1.82) is 0 Å². The summed E-state index contributed by atoms with van der Waals surface area (Å²) in [4.78, 5) is 21.8. The highest BCUT2D eigenvalue weighted by Crippen LogP contribution is 2.35. The van der Waals surface area contributed by atoms with Gasteiger partial charge in [0, 0.05) is 40.7 Å². The van der Waals surface area contributed by atoms with Gasteiger partial charge in [0.15, 0.2) is 0 Å². The van der Waals surface area contributed by atoms with Gasteiger partial charge in [0.25, 0.3) is 0 Å². The number of hydrogen-bond donors (Lipinski definition) is 2. The number of aliphatic carboxylic acids is 2. The van der Waals surface area contributed by atoms with Crippen LogP contribution in [0.4, 0.5) is 0 Å². The molecule has 1 unspecified atom stereocenters. The molecule has 5 nitrogen and oxygen atoms in total. The molecular weight excluding hydrogens is 509 g/mol. The van der Waals surface area contributed by atoms with Gasteiger partial charge in [-0.2, -0.15) is 0 Å². The lowest BCUT2D eigenvalue weighted by atomic mass is 9.83. The summed E-state index contributed by atoms with van der Waals surface area (Å²) >= 11 is 12.7. The summed E-state index contributed by atoms with van der Waals surface area (Å²) in [6.45, 7) is 2.18. The Morgan fingerprint density at radius 2 is 1.41 bits per heavy atom. The second-order valence-corrected chi connectivity index (χ2v) is 9.89. The molecule has 4 rings (SSSR count). The van der Waals surface area contributed by atoms with Crippen LogP contribution in [-0.4, -0.2) is 39.6 Å². The lowest BCUT2D eigenvalue weighted by Gasteiger charge is -2.38. The summed E-state index contributed by atoms with van der Waals surface area (Å²) < 4.78 is 0. The Bertz CT molecular complexity index is 1140. The highest BCUT2D eigenvalue weighted by atomic mass is 35.5. The SMILES string of the molecule is Clc1cccc(C(CC2CCCCN2Cc2ccccc2)c2cccc(Cl)c2)c1.O=C(O)/C=C/C(=O)O. The van der Waals surface area contributed by atoms with Crippen molar-refractivity contribution in [2.45, 2.75) is 44.2 Å². The van der Waals surface area contributed by atoms with E-state index in [0.717, 1.165) is 29.6 Å². The zero-order chi connectivity index (χ0) is 26.6. The van der Waals surface area contributed by atoms with Crippen molar-refractivity contribution in [3.63, 3.8) is 0 Å². The maximum atomic E-state index is 9.55. The van der Waals surface area contributed by atoms with Gasteiger partial charge in [-0.05, 0) is 66.8 Å². The monoisotopic (exact) mass is 539 g/mol. The first-order chi connectivity index (χ1) is 17.8. The number of hydrogen-bond acceptors (Lipinski definition) is 3. The first-order valence-electron chi connectivity index (χ1n) is 12.2. The van der Waals surface area contributed by atoms with Crippen molar-refractivity contribution in [2.24, 2.45) is 0 Å². The molecule has 3 aromatic rings. The number of carbonyl (C=O) groups is 2. The third kappa shape index (κ3) is 9.69. The molecule has 1 saturated heterocycles. The molecule has 1 aliphatic heterocycles. The predicted octanol–water partition coefficient (Wildman–Crippen LogP) is 7.28. The van der Waals surface area contributed by atoms with Crippen molar-refractivity contribution in [3.8, 4) is 0 Å². The van der Waals surface area contributed by atoms with E-state index in [1.165, 1.54) is 36.0 Å². The quantitative estimate of drug-likeness (QED) is 0.294. The van der Waals surface area contributed by atoms with E-state index in [0.29, 0.717) is 18.2 Å². The van der Waals surface area contributed by atoms with E-state index in [1.54, 1.807) is 0 Å². The Labute approximate surface area is 228 Å². The van der Waals surface area contributed by atoms with Crippen LogP contribution in [-0.2, 0) is 16.1 Å². The molecule has 1 atom stereocenters. The van der Waals surface area contributed by atoms with Gasteiger partial charge < -0.3 is 10.2 Å². The first kappa shape index (κ1) is 28.5. The number of nitrogens with zero attached hydrogens (tertiary/aromatic N) is 1. The van der Waals surface area contributed by atoms with E-state index in [-0.39, 0.29) is 5.92 Å². The fraction of sp³-hybridized carbons (Fsp3) is 0.267. The molecule has 1 aliphatic rings. The highest BCUT2D eigenvalue weighted by molar-refractivity contribution is 6.31. The van der Waals surface area contributed by atoms with E-state index >= 15 is 0 Å². The molecule has 0 bridgehead atoms. The fourth-order valence-electron chi connectivity index (χ4n) is 4.68. The number of halogens is 2. The lowest BCUT2D eigenvalue weighted by Crippen LogP contribution is -2.40. The second-order valence-electron chi connectivity index (χ2n) is 9.01. The van der Waals surface area contributed by atoms with Gasteiger partial charge in [0.2, 0.25) is 0 Å². The minimum absolute atomic E-state index is 0.286. The molecule has 3 aromatic carbocycles. The fourth-order valence-corrected chi connectivity index (χ4v) is 5.08. The Morgan fingerprint density at radius 1 is 0.838 bits per heavy atom. The number of benzene rings is 3. The zero-order valence-corrected chi connectivity index (χ0v) is 22.0. The van der Waals surface area contributed by atoms with Crippen LogP contribution in [0, 0.1) is 0 Å². The molecule has 2 N–H and O–H groups in total. The van der Waals surface area contributed by atoms with Gasteiger partial charge >= 0.3 is 11.9 Å². The third-order valence-electron chi connectivity index (χ3n) is 6.36. The first-order valence-corrected chi connectivity index (χ1v) is 13.0. The minimum atomic E-state index is -1.26. The van der Waals surface area contributed by atoms with Gasteiger partial charge in [-0.15, -0.1) is 0 Å². The molecule has 194 valence electrons. The smallest absolute Gasteiger partial charge is 0.328 e. The van der Waals surface area contributed by atoms with E-state index in [9.17, 15) is 9.59 Å². The van der Waals surface area contributed by atoms with Gasteiger partial charge in [-0.1, -0.05) is 84.2 Å². The van der Waals surface area contributed by atoms with Gasteiger partial charge in [-0.25, -0.2) is 9.59 Å². The summed E-state index contributed by atoms with van der Waals surface area (Å²) in [6.07, 6.45) is 6.01. The zero-order valence-electron chi connectivity index (χ0n) is 20.5. The topological polar surface area (TPSA) is 77.8 Å². The van der Waals surface area contributed by atoms with Crippen LogP contribution < -0.4 is 0 Å². The molecule has 0 saturated carbocycles. The summed E-state index contributed by atoms with van der Waals surface area (Å²) in [5.41, 5.74) is 3.93. The summed E-state index contributed by atoms with van der Waals surface area (Å²) in [5.74, 6) is -2.23. The summed E-state index contributed by atoms with van der Waals surface area (Å²) in [5, 5.41) is 17.2. The Balaban J connectivity index is 0.000000414. The molecule has 0 amide bonds. The lowest BCUT2D eigenvalue weighted by molar-refractivity contribution is -0.134. The van der Waals surface area contributed by atoms with E-state index in [2.05, 4.69) is 71.6 Å². The van der Waals surface area contributed by atoms with E-state index < -0.39 is 11.9 Å². The van der Waals surface area contributed by atoms with Gasteiger partial charge in [0.05, 0.1) is 0 Å². The standard InChI is InChI=1S/C26H27Cl2N.C4H4O4/c27-23-12-6-10-21(16-23)26(22-11-7-13-24(28)17-22)18-25-14-4-5-15-29(25)19-20-8-2-1-3-9-20;5-3(6)1-2-4(7)8/h1-3,6-13,16-17,25-26H,4-5,14-15,18-19H2;1-2H,(H,5,6)(H,7,8)/b;2-1+. The van der Waals surface area contributed by atoms with Crippen molar-refractivity contribution in [3.05, 3.63) is 118 Å². The van der Waals surface area contributed by atoms with E-state index in [4.69, 9.17) is 33.4 Å². The molecule has 0 radical (unpaired) electrons. The number of piperidine rings is 1. The van der Waals surface area contributed by atoms with Crippen LogP contribution in [0.3, 0.4) is 0 Å². The summed E-state index contributed by atoms with van der Waals surface area (Å²) in [6, 6.07) is 28.0. The van der Waals surface area contributed by atoms with Crippen molar-refractivity contribution in [2.75, 3.05) is 6.54 Å². The number of carboxylic acids is 2. The Morgan fingerprint density at radius 3 is 1.92 bits per heavy atom. The Hall–Kier alpha value is -3.12. The van der Waals surface area contributed by atoms with Crippen LogP contribution in [0.1, 0.15) is 48.3 Å². The van der Waals surface area contributed by atoms with Crippen LogP contribution in [0.15, 0.2) is 91.0 Å². The highest BCUT2D eigenvalue weighted by Gasteiger charge is 2.27. The molecule has 1 fully saturated rings. The Kier molecular flexibility index (Phi) is 11.2. The average Bonchev–Trinajstić information content (AvgIpc) is 2.88. The summed E-state index contributed by atoms with van der Waals surface area (Å²) in [7, 11) is 0. The third-order valence-corrected chi connectivity index (χ3v) is 6.83. The molecule has 7 heteroatoms. The molecular formula is C30H31Cl2NO4. The normalized spacial score (nSPS) is 15.8. The largest absolute Gasteiger partial charge is 0.478 e. The number of carboxylic acid groups (broad SMARTS) is 2. The van der Waals surface area contributed by atoms with Crippen LogP contribution >= 0.6 is 23.2 Å².